The Bertz CT molecular complexity index is 820. The fourth-order valence-electron chi connectivity index (χ4n) is 7.32. The number of ketones is 2. The van der Waals surface area contributed by atoms with Gasteiger partial charge in [0.1, 0.15) is 0 Å². The van der Waals surface area contributed by atoms with Gasteiger partial charge in [-0.25, -0.2) is 0 Å². The maximum atomic E-state index is 12.8. The van der Waals surface area contributed by atoms with Crippen LogP contribution in [0, 0.1) is 28.6 Å². The Balaban J connectivity index is 1.80. The van der Waals surface area contributed by atoms with Crippen LogP contribution in [0.5, 0.6) is 0 Å². The van der Waals surface area contributed by atoms with Crippen molar-refractivity contribution in [2.45, 2.75) is 78.7 Å². The van der Waals surface area contributed by atoms with Gasteiger partial charge in [0.05, 0.1) is 0 Å². The molecular weight excluding hydrogens is 352 g/mol. The second kappa shape index (κ2) is 6.14. The predicted octanol–water partition coefficient (Wildman–Crippen LogP) is 4.58. The number of carbonyl (C=O) groups excluding carboxylic acids is 3. The summed E-state index contributed by atoms with van der Waals surface area (Å²) in [5, 5.41) is 0. The minimum absolute atomic E-state index is 0.0225. The minimum atomic E-state index is -1.00. The maximum Gasteiger partial charge on any atom is 0.303 e. The zero-order valence-electron chi connectivity index (χ0n) is 17.8. The van der Waals surface area contributed by atoms with E-state index in [9.17, 15) is 14.4 Å². The van der Waals surface area contributed by atoms with E-state index in [1.165, 1.54) is 18.1 Å². The molecule has 0 radical (unpaired) electrons. The van der Waals surface area contributed by atoms with Gasteiger partial charge in [0.25, 0.3) is 0 Å². The highest BCUT2D eigenvalue weighted by Gasteiger charge is 2.66. The van der Waals surface area contributed by atoms with Crippen LogP contribution in [0.3, 0.4) is 0 Å². The molecule has 152 valence electrons. The molecule has 0 aromatic heterocycles. The number of hydrogen-bond donors (Lipinski definition) is 0. The maximum absolute atomic E-state index is 12.8. The molecule has 28 heavy (non-hydrogen) atoms. The van der Waals surface area contributed by atoms with E-state index in [0.717, 1.165) is 25.7 Å². The van der Waals surface area contributed by atoms with Crippen molar-refractivity contribution in [2.24, 2.45) is 28.6 Å². The monoisotopic (exact) mass is 384 g/mol. The molecule has 4 rings (SSSR count). The number of carbonyl (C=O) groups is 3. The van der Waals surface area contributed by atoms with E-state index < -0.39 is 5.60 Å². The molecule has 4 aliphatic rings. The van der Waals surface area contributed by atoms with Crippen LogP contribution in [0.1, 0.15) is 73.1 Å². The molecule has 0 N–H and O–H groups in total. The topological polar surface area (TPSA) is 60.4 Å². The first-order valence-electron chi connectivity index (χ1n) is 10.7. The Morgan fingerprint density at radius 1 is 1.07 bits per heavy atom. The van der Waals surface area contributed by atoms with E-state index in [-0.39, 0.29) is 40.2 Å². The van der Waals surface area contributed by atoms with Crippen molar-refractivity contribution < 1.29 is 19.1 Å². The lowest BCUT2D eigenvalue weighted by atomic mass is 9.48. The molecule has 0 aliphatic heterocycles. The van der Waals surface area contributed by atoms with E-state index in [4.69, 9.17) is 4.74 Å². The summed E-state index contributed by atoms with van der Waals surface area (Å²) in [6.07, 6.45) is 9.15. The third-order valence-corrected chi connectivity index (χ3v) is 8.69. The minimum Gasteiger partial charge on any atom is -0.451 e. The van der Waals surface area contributed by atoms with Crippen LogP contribution in [-0.4, -0.2) is 23.1 Å². The molecule has 2 fully saturated rings. The molecule has 0 bridgehead atoms. The first-order chi connectivity index (χ1) is 13.0. The van der Waals surface area contributed by atoms with Crippen LogP contribution in [0.2, 0.25) is 0 Å². The lowest BCUT2D eigenvalue weighted by Gasteiger charge is -2.56. The predicted molar refractivity (Wildman–Crippen MR) is 106 cm³/mol. The highest BCUT2D eigenvalue weighted by Crippen LogP contribution is 2.67. The average molecular weight is 385 g/mol. The van der Waals surface area contributed by atoms with Gasteiger partial charge in [-0.2, -0.15) is 0 Å². The molecular formula is C24H32O4. The van der Waals surface area contributed by atoms with Crippen molar-refractivity contribution in [2.75, 3.05) is 0 Å². The average Bonchev–Trinajstić information content (AvgIpc) is 2.90. The van der Waals surface area contributed by atoms with Gasteiger partial charge in [-0.05, 0) is 68.3 Å². The molecule has 0 saturated heterocycles. The highest BCUT2D eigenvalue weighted by atomic mass is 16.6. The Morgan fingerprint density at radius 2 is 1.75 bits per heavy atom. The van der Waals surface area contributed by atoms with Crippen LogP contribution in [0.4, 0.5) is 0 Å². The molecule has 0 heterocycles. The van der Waals surface area contributed by atoms with Gasteiger partial charge in [0.15, 0.2) is 17.2 Å². The van der Waals surface area contributed by atoms with Gasteiger partial charge < -0.3 is 4.74 Å². The van der Waals surface area contributed by atoms with Gasteiger partial charge in [0.2, 0.25) is 0 Å². The Labute approximate surface area is 167 Å². The first kappa shape index (κ1) is 19.6. The molecule has 0 aromatic rings. The van der Waals surface area contributed by atoms with E-state index in [2.05, 4.69) is 26.8 Å². The van der Waals surface area contributed by atoms with E-state index in [0.29, 0.717) is 18.8 Å². The molecule has 0 aromatic carbocycles. The number of fused-ring (bicyclic) bond motifs is 5. The SMILES string of the molecule is CC(=O)O[C@]1(C(C)=O)CC[C@@H]2C3=C[C@H](C)C4=CC(=O)CC[C@]4(C)[C@H]3CC[C@]21C. The van der Waals surface area contributed by atoms with Crippen LogP contribution in [0.25, 0.3) is 0 Å². The summed E-state index contributed by atoms with van der Waals surface area (Å²) >= 11 is 0. The zero-order valence-corrected chi connectivity index (χ0v) is 17.8. The second-order valence-corrected chi connectivity index (χ2v) is 10.0. The van der Waals surface area contributed by atoms with Crippen molar-refractivity contribution in [3.8, 4) is 0 Å². The number of hydrogen-bond acceptors (Lipinski definition) is 4. The number of Topliss-reactive ketones (excluding diaryl/α,β-unsaturated/α-hetero) is 1. The summed E-state index contributed by atoms with van der Waals surface area (Å²) < 4.78 is 5.81. The standard InChI is InChI=1S/C24H32O4/c1-14-12-18-19(22(4)9-6-17(27)13-21(14)22)7-10-23(5)20(18)8-11-24(23,15(2)25)28-16(3)26/h12-14,19-20H,6-11H2,1-5H3/t14-,19-,20+,22+,23+,24-/m0/s1. The Kier molecular flexibility index (Phi) is 4.30. The summed E-state index contributed by atoms with van der Waals surface area (Å²) in [6, 6.07) is 0. The van der Waals surface area contributed by atoms with Crippen molar-refractivity contribution in [3.63, 3.8) is 0 Å². The molecule has 0 spiro atoms. The van der Waals surface area contributed by atoms with E-state index >= 15 is 0 Å². The van der Waals surface area contributed by atoms with Crippen molar-refractivity contribution in [1.82, 2.24) is 0 Å². The number of esters is 1. The summed E-state index contributed by atoms with van der Waals surface area (Å²) in [6.45, 7) is 9.68. The second-order valence-electron chi connectivity index (χ2n) is 10.0. The number of rotatable bonds is 2. The summed E-state index contributed by atoms with van der Waals surface area (Å²) in [4.78, 5) is 36.8. The molecule has 0 amide bonds. The van der Waals surface area contributed by atoms with Gasteiger partial charge >= 0.3 is 5.97 Å². The Hall–Kier alpha value is -1.71. The molecule has 6 atom stereocenters. The molecule has 0 unspecified atom stereocenters. The number of ether oxygens (including phenoxy) is 1. The summed E-state index contributed by atoms with van der Waals surface area (Å²) in [5.74, 6) is 0.778. The van der Waals surface area contributed by atoms with Gasteiger partial charge in [0, 0.05) is 18.8 Å². The normalized spacial score (nSPS) is 44.6. The molecule has 4 heteroatoms. The van der Waals surface area contributed by atoms with Crippen LogP contribution in [0.15, 0.2) is 23.3 Å². The van der Waals surface area contributed by atoms with Gasteiger partial charge in [-0.15, -0.1) is 0 Å². The highest BCUT2D eigenvalue weighted by molar-refractivity contribution is 5.92. The fraction of sp³-hybridized carbons (Fsp3) is 0.708. The molecule has 4 aliphatic carbocycles. The zero-order chi connectivity index (χ0) is 20.5. The van der Waals surface area contributed by atoms with E-state index in [1.807, 2.05) is 6.08 Å². The van der Waals surface area contributed by atoms with Crippen LogP contribution < -0.4 is 0 Å². The fourth-order valence-corrected chi connectivity index (χ4v) is 7.32. The van der Waals surface area contributed by atoms with Gasteiger partial charge in [-0.1, -0.05) is 38.0 Å². The third kappa shape index (κ3) is 2.39. The van der Waals surface area contributed by atoms with Gasteiger partial charge in [-0.3, -0.25) is 14.4 Å². The summed E-state index contributed by atoms with van der Waals surface area (Å²) in [7, 11) is 0. The first-order valence-corrected chi connectivity index (χ1v) is 10.7. The van der Waals surface area contributed by atoms with Crippen molar-refractivity contribution in [1.29, 1.82) is 0 Å². The lowest BCUT2D eigenvalue weighted by Crippen LogP contribution is -2.56. The third-order valence-electron chi connectivity index (χ3n) is 8.69. The van der Waals surface area contributed by atoms with Crippen molar-refractivity contribution in [3.05, 3.63) is 23.3 Å². The lowest BCUT2D eigenvalue weighted by molar-refractivity contribution is -0.181. The molecule has 2 saturated carbocycles. The van der Waals surface area contributed by atoms with Crippen LogP contribution >= 0.6 is 0 Å². The smallest absolute Gasteiger partial charge is 0.303 e. The Morgan fingerprint density at radius 3 is 2.39 bits per heavy atom. The van der Waals surface area contributed by atoms with E-state index in [1.54, 1.807) is 6.92 Å². The largest absolute Gasteiger partial charge is 0.451 e. The summed E-state index contributed by atoms with van der Waals surface area (Å²) in [5.41, 5.74) is 1.41. The quantitative estimate of drug-likeness (QED) is 0.517. The van der Waals surface area contributed by atoms with Crippen molar-refractivity contribution >= 4 is 17.5 Å². The van der Waals surface area contributed by atoms with Crippen LogP contribution in [-0.2, 0) is 19.1 Å². The molecule has 4 nitrogen and oxygen atoms in total. The number of allylic oxidation sites excluding steroid dienone is 4.